The van der Waals surface area contributed by atoms with Gasteiger partial charge in [-0.15, -0.1) is 11.3 Å². The Morgan fingerprint density at radius 1 is 1.43 bits per heavy atom. The molecule has 6 heteroatoms. The van der Waals surface area contributed by atoms with Crippen LogP contribution in [0.1, 0.15) is 42.3 Å². The Bertz CT molecular complexity index is 588. The molecule has 0 amide bonds. The molecule has 0 saturated carbocycles. The average Bonchev–Trinajstić information content (AvgIpc) is 3.20. The highest BCUT2D eigenvalue weighted by Crippen LogP contribution is 2.20. The van der Waals surface area contributed by atoms with Crippen molar-refractivity contribution in [2.75, 3.05) is 19.6 Å². The van der Waals surface area contributed by atoms with Gasteiger partial charge in [0.25, 0.3) is 0 Å². The zero-order valence-electron chi connectivity index (χ0n) is 14.2. The predicted molar refractivity (Wildman–Crippen MR) is 98.4 cm³/mol. The number of hydrogen-bond donors (Lipinski definition) is 3. The monoisotopic (exact) mass is 333 g/mol. The van der Waals surface area contributed by atoms with E-state index in [1.54, 1.807) is 11.3 Å². The van der Waals surface area contributed by atoms with Crippen LogP contribution in [0.4, 0.5) is 0 Å². The lowest BCUT2D eigenvalue weighted by molar-refractivity contribution is 0.727. The first-order valence-corrected chi connectivity index (χ1v) is 9.13. The Labute approximate surface area is 142 Å². The zero-order chi connectivity index (χ0) is 16.5. The lowest BCUT2D eigenvalue weighted by Gasteiger charge is -2.13. The molecule has 2 rings (SSSR count). The van der Waals surface area contributed by atoms with Crippen molar-refractivity contribution in [1.29, 1.82) is 0 Å². The van der Waals surface area contributed by atoms with Gasteiger partial charge in [-0.3, -0.25) is 10.1 Å². The van der Waals surface area contributed by atoms with Gasteiger partial charge in [0.2, 0.25) is 0 Å². The van der Waals surface area contributed by atoms with Crippen LogP contribution in [0, 0.1) is 6.92 Å². The number of thiophene rings is 1. The number of aliphatic imine (C=N–C) groups is 1. The van der Waals surface area contributed by atoms with Crippen LogP contribution in [0.25, 0.3) is 0 Å². The van der Waals surface area contributed by atoms with Crippen molar-refractivity contribution in [3.63, 3.8) is 0 Å². The maximum absolute atomic E-state index is 4.70. The summed E-state index contributed by atoms with van der Waals surface area (Å²) in [5.74, 6) is 1.36. The van der Waals surface area contributed by atoms with Gasteiger partial charge in [-0.05, 0) is 43.7 Å². The van der Waals surface area contributed by atoms with E-state index < -0.39 is 0 Å². The van der Waals surface area contributed by atoms with E-state index in [0.717, 1.165) is 44.1 Å². The molecule has 0 fully saturated rings. The minimum absolute atomic E-state index is 0.457. The highest BCUT2D eigenvalue weighted by Gasteiger charge is 2.06. The molecule has 0 aliphatic carbocycles. The predicted octanol–water partition coefficient (Wildman–Crippen LogP) is 3.07. The second-order valence-electron chi connectivity index (χ2n) is 5.69. The number of hydrogen-bond acceptors (Lipinski definition) is 3. The summed E-state index contributed by atoms with van der Waals surface area (Å²) in [5.41, 5.74) is 2.45. The normalized spacial score (nSPS) is 13.1. The van der Waals surface area contributed by atoms with Gasteiger partial charge in [-0.2, -0.15) is 5.10 Å². The molecule has 0 spiro atoms. The summed E-state index contributed by atoms with van der Waals surface area (Å²) in [7, 11) is 0. The molecule has 0 aromatic carbocycles. The average molecular weight is 334 g/mol. The second-order valence-corrected chi connectivity index (χ2v) is 6.67. The third-order valence-corrected chi connectivity index (χ3v) is 4.85. The van der Waals surface area contributed by atoms with Gasteiger partial charge in [0.05, 0.1) is 12.7 Å². The Morgan fingerprint density at radius 3 is 2.96 bits per heavy atom. The van der Waals surface area contributed by atoms with E-state index in [-0.39, 0.29) is 0 Å². The van der Waals surface area contributed by atoms with Crippen LogP contribution in [0.15, 0.2) is 28.7 Å². The quantitative estimate of drug-likeness (QED) is 0.395. The molecule has 23 heavy (non-hydrogen) atoms. The number of nitrogens with one attached hydrogen (secondary N) is 3. The Morgan fingerprint density at radius 2 is 2.30 bits per heavy atom. The molecule has 3 N–H and O–H groups in total. The van der Waals surface area contributed by atoms with Crippen molar-refractivity contribution in [2.45, 2.75) is 39.5 Å². The lowest BCUT2D eigenvalue weighted by Crippen LogP contribution is -2.38. The van der Waals surface area contributed by atoms with Crippen LogP contribution < -0.4 is 10.6 Å². The van der Waals surface area contributed by atoms with Gasteiger partial charge in [-0.1, -0.05) is 13.0 Å². The molecule has 0 saturated heterocycles. The summed E-state index contributed by atoms with van der Waals surface area (Å²) in [6.07, 6.45) is 4.00. The summed E-state index contributed by atoms with van der Waals surface area (Å²) in [4.78, 5) is 6.09. The largest absolute Gasteiger partial charge is 0.357 e. The van der Waals surface area contributed by atoms with Gasteiger partial charge in [-0.25, -0.2) is 0 Å². The summed E-state index contributed by atoms with van der Waals surface area (Å²) in [5, 5.41) is 15.9. The maximum Gasteiger partial charge on any atom is 0.191 e. The van der Waals surface area contributed by atoms with Crippen molar-refractivity contribution < 1.29 is 0 Å². The molecule has 1 atom stereocenters. The first-order valence-electron chi connectivity index (χ1n) is 8.25. The Kier molecular flexibility index (Phi) is 7.13. The van der Waals surface area contributed by atoms with Crippen molar-refractivity contribution in [3.05, 3.63) is 39.8 Å². The molecule has 5 nitrogen and oxygen atoms in total. The number of aromatic nitrogens is 2. The maximum atomic E-state index is 4.70. The highest BCUT2D eigenvalue weighted by molar-refractivity contribution is 7.10. The van der Waals surface area contributed by atoms with Crippen LogP contribution in [0.3, 0.4) is 0 Å². The Hall–Kier alpha value is -1.82. The molecular weight excluding hydrogens is 306 g/mol. The van der Waals surface area contributed by atoms with Gasteiger partial charge >= 0.3 is 0 Å². The van der Waals surface area contributed by atoms with Crippen LogP contribution >= 0.6 is 11.3 Å². The van der Waals surface area contributed by atoms with Gasteiger partial charge in [0.15, 0.2) is 5.96 Å². The van der Waals surface area contributed by atoms with Gasteiger partial charge in [0, 0.05) is 29.6 Å². The third-order valence-electron chi connectivity index (χ3n) is 3.75. The number of guanidine groups is 1. The molecule has 0 aliphatic heterocycles. The van der Waals surface area contributed by atoms with Crippen LogP contribution in [-0.2, 0) is 6.42 Å². The summed E-state index contributed by atoms with van der Waals surface area (Å²) >= 11 is 1.80. The molecule has 2 heterocycles. The van der Waals surface area contributed by atoms with E-state index in [4.69, 9.17) is 4.99 Å². The first kappa shape index (κ1) is 17.5. The number of nitrogens with zero attached hydrogens (tertiary/aromatic N) is 2. The zero-order valence-corrected chi connectivity index (χ0v) is 15.0. The standard InChI is InChI=1S/C17H27N5S/c1-4-18-17(20-11-13(2)16-8-6-10-23-16)19-9-5-7-15-12-21-22-14(15)3/h6,8,10,12-13H,4-5,7,9,11H2,1-3H3,(H,21,22)(H2,18,19,20). The van der Waals surface area contributed by atoms with Crippen molar-refractivity contribution in [2.24, 2.45) is 4.99 Å². The van der Waals surface area contributed by atoms with Gasteiger partial charge < -0.3 is 10.6 Å². The third kappa shape index (κ3) is 5.71. The van der Waals surface area contributed by atoms with Crippen molar-refractivity contribution in [1.82, 2.24) is 20.8 Å². The fraction of sp³-hybridized carbons (Fsp3) is 0.529. The molecule has 2 aromatic rings. The fourth-order valence-electron chi connectivity index (χ4n) is 2.34. The molecule has 0 aliphatic rings. The summed E-state index contributed by atoms with van der Waals surface area (Å²) < 4.78 is 0. The summed E-state index contributed by atoms with van der Waals surface area (Å²) in [6.45, 7) is 8.96. The molecule has 1 unspecified atom stereocenters. The Balaban J connectivity index is 1.76. The van der Waals surface area contributed by atoms with Crippen molar-refractivity contribution >= 4 is 17.3 Å². The summed E-state index contributed by atoms with van der Waals surface area (Å²) in [6, 6.07) is 4.28. The minimum Gasteiger partial charge on any atom is -0.357 e. The SMILES string of the molecule is CCNC(=NCC(C)c1cccs1)NCCCc1cn[nH]c1C. The molecule has 2 aromatic heterocycles. The number of aryl methyl sites for hydroxylation is 2. The first-order chi connectivity index (χ1) is 11.2. The minimum atomic E-state index is 0.457. The van der Waals surface area contributed by atoms with Crippen molar-refractivity contribution in [3.8, 4) is 0 Å². The highest BCUT2D eigenvalue weighted by atomic mass is 32.1. The second kappa shape index (κ2) is 9.35. The van der Waals surface area contributed by atoms with E-state index >= 15 is 0 Å². The fourth-order valence-corrected chi connectivity index (χ4v) is 3.12. The molecule has 0 bridgehead atoms. The van der Waals surface area contributed by atoms with E-state index in [2.05, 4.69) is 59.1 Å². The van der Waals surface area contributed by atoms with Gasteiger partial charge in [0.1, 0.15) is 0 Å². The number of rotatable bonds is 8. The smallest absolute Gasteiger partial charge is 0.191 e. The van der Waals surface area contributed by atoms with Crippen LogP contribution in [0.2, 0.25) is 0 Å². The topological polar surface area (TPSA) is 65.1 Å². The molecule has 0 radical (unpaired) electrons. The van der Waals surface area contributed by atoms with E-state index in [0.29, 0.717) is 5.92 Å². The lowest BCUT2D eigenvalue weighted by atomic mass is 10.1. The molecule has 126 valence electrons. The van der Waals surface area contributed by atoms with E-state index in [1.165, 1.54) is 10.4 Å². The van der Waals surface area contributed by atoms with Crippen LogP contribution in [0.5, 0.6) is 0 Å². The molecular formula is C17H27N5S. The van der Waals surface area contributed by atoms with E-state index in [1.807, 2.05) is 6.20 Å². The number of aromatic amines is 1. The number of H-pyrrole nitrogens is 1. The van der Waals surface area contributed by atoms with Crippen LogP contribution in [-0.4, -0.2) is 35.8 Å². The van der Waals surface area contributed by atoms with E-state index in [9.17, 15) is 0 Å².